The van der Waals surface area contributed by atoms with Crippen molar-refractivity contribution in [2.45, 2.75) is 50.2 Å². The Morgan fingerprint density at radius 1 is 1.12 bits per heavy atom. The Balaban J connectivity index is 1.51. The van der Waals surface area contributed by atoms with Crippen LogP contribution in [0, 0.1) is 0 Å². The predicted octanol–water partition coefficient (Wildman–Crippen LogP) is 3.97. The Bertz CT molecular complexity index is 1480. The molecule has 0 aliphatic carbocycles. The van der Waals surface area contributed by atoms with Gasteiger partial charge in [-0.25, -0.2) is 0 Å². The fourth-order valence-corrected chi connectivity index (χ4v) is 6.49. The summed E-state index contributed by atoms with van der Waals surface area (Å²) in [4.78, 5) is 24.1. The highest BCUT2D eigenvalue weighted by molar-refractivity contribution is 6.43. The minimum absolute atomic E-state index is 0.111. The molecule has 3 aromatic heterocycles. The fraction of sp³-hybridized carbons (Fsp3) is 0.435. The zero-order valence-corrected chi connectivity index (χ0v) is 20.2. The topological polar surface area (TPSA) is 97.8 Å². The molecular weight excluding hydrogens is 461 g/mol. The van der Waals surface area contributed by atoms with E-state index in [1.165, 1.54) is 0 Å². The van der Waals surface area contributed by atoms with Crippen LogP contribution in [0.25, 0.3) is 33.1 Å². The van der Waals surface area contributed by atoms with Crippen LogP contribution in [0.4, 0.5) is 5.95 Å². The second kappa shape index (κ2) is 6.98. The van der Waals surface area contributed by atoms with Gasteiger partial charge in [0, 0.05) is 49.0 Å². The van der Waals surface area contributed by atoms with Crippen LogP contribution in [-0.2, 0) is 14.1 Å². The molecule has 33 heavy (non-hydrogen) atoms. The van der Waals surface area contributed by atoms with Gasteiger partial charge in [0.2, 0.25) is 5.95 Å². The van der Waals surface area contributed by atoms with Gasteiger partial charge < -0.3 is 15.6 Å². The summed E-state index contributed by atoms with van der Waals surface area (Å²) in [6.45, 7) is 2.12. The van der Waals surface area contributed by atoms with Gasteiger partial charge in [0.05, 0.1) is 21.3 Å². The van der Waals surface area contributed by atoms with Crippen LogP contribution >= 0.6 is 23.2 Å². The van der Waals surface area contributed by atoms with E-state index >= 15 is 0 Å². The van der Waals surface area contributed by atoms with Gasteiger partial charge in [-0.2, -0.15) is 10.1 Å². The first-order chi connectivity index (χ1) is 15.7. The fourth-order valence-electron chi connectivity index (χ4n) is 5.86. The van der Waals surface area contributed by atoms with Crippen molar-refractivity contribution in [3.8, 4) is 11.1 Å². The third-order valence-corrected chi connectivity index (χ3v) is 8.13. The lowest BCUT2D eigenvalue weighted by Crippen LogP contribution is -2.55. The lowest BCUT2D eigenvalue weighted by Gasteiger charge is -2.43. The Morgan fingerprint density at radius 2 is 1.82 bits per heavy atom. The lowest BCUT2D eigenvalue weighted by atomic mass is 9.86. The van der Waals surface area contributed by atoms with E-state index in [2.05, 4.69) is 21.9 Å². The molecule has 2 fully saturated rings. The smallest absolute Gasteiger partial charge is 0.264 e. The third-order valence-electron chi connectivity index (χ3n) is 7.30. The summed E-state index contributed by atoms with van der Waals surface area (Å²) in [6, 6.07) is 4.33. The molecule has 2 unspecified atom stereocenters. The highest BCUT2D eigenvalue weighted by Crippen LogP contribution is 2.43. The summed E-state index contributed by atoms with van der Waals surface area (Å²) in [6.07, 6.45) is 5.73. The largest absolute Gasteiger partial charge is 0.345 e. The van der Waals surface area contributed by atoms with Crippen LogP contribution in [-0.4, -0.2) is 41.9 Å². The molecule has 2 saturated heterocycles. The van der Waals surface area contributed by atoms with E-state index in [-0.39, 0.29) is 11.1 Å². The maximum Gasteiger partial charge on any atom is 0.264 e. The predicted molar refractivity (Wildman–Crippen MR) is 132 cm³/mol. The van der Waals surface area contributed by atoms with Crippen molar-refractivity contribution >= 4 is 51.1 Å². The van der Waals surface area contributed by atoms with Gasteiger partial charge in [-0.1, -0.05) is 29.3 Å². The maximum atomic E-state index is 13.6. The number of aromatic nitrogens is 5. The molecule has 10 heteroatoms. The van der Waals surface area contributed by atoms with Gasteiger partial charge in [0.1, 0.15) is 10.8 Å². The molecule has 0 radical (unpaired) electrons. The molecule has 0 amide bonds. The number of rotatable bonds is 2. The van der Waals surface area contributed by atoms with Crippen LogP contribution in [0.5, 0.6) is 0 Å². The van der Waals surface area contributed by atoms with E-state index in [4.69, 9.17) is 33.9 Å². The Labute approximate surface area is 200 Å². The van der Waals surface area contributed by atoms with E-state index in [0.29, 0.717) is 61.3 Å². The Morgan fingerprint density at radius 3 is 2.52 bits per heavy atom. The zero-order valence-electron chi connectivity index (χ0n) is 18.7. The summed E-state index contributed by atoms with van der Waals surface area (Å²) in [5.41, 5.74) is 8.87. The second-order valence-corrected chi connectivity index (χ2v) is 10.5. The molecule has 2 bridgehead atoms. The molecule has 2 aliphatic rings. The number of nitrogens with zero attached hydrogens (tertiary/aromatic N) is 5. The normalized spacial score (nSPS) is 25.0. The summed E-state index contributed by atoms with van der Waals surface area (Å²) >= 11 is 13.2. The molecular formula is C23H25Cl2N7O. The quantitative estimate of drug-likeness (QED) is 0.447. The number of fused-ring (bicyclic) bond motifs is 4. The first-order valence-electron chi connectivity index (χ1n) is 11.1. The first kappa shape index (κ1) is 21.0. The minimum atomic E-state index is -0.173. The van der Waals surface area contributed by atoms with Crippen LogP contribution in [0.1, 0.15) is 32.6 Å². The van der Waals surface area contributed by atoms with Crippen molar-refractivity contribution in [3.05, 3.63) is 38.9 Å². The van der Waals surface area contributed by atoms with Gasteiger partial charge in [0.25, 0.3) is 5.56 Å². The lowest BCUT2D eigenvalue weighted by molar-refractivity contribution is 0.302. The number of aryl methyl sites for hydroxylation is 1. The minimum Gasteiger partial charge on any atom is -0.345 e. The molecule has 4 aromatic rings. The number of aromatic amines is 1. The molecule has 0 saturated carbocycles. The molecule has 6 rings (SSSR count). The van der Waals surface area contributed by atoms with Gasteiger partial charge in [-0.15, -0.1) is 0 Å². The second-order valence-electron chi connectivity index (χ2n) is 9.79. The molecule has 8 nitrogen and oxygen atoms in total. The van der Waals surface area contributed by atoms with Gasteiger partial charge in [0.15, 0.2) is 0 Å². The van der Waals surface area contributed by atoms with Crippen LogP contribution in [0.2, 0.25) is 10.2 Å². The monoisotopic (exact) mass is 485 g/mol. The Hall–Kier alpha value is -2.55. The van der Waals surface area contributed by atoms with Gasteiger partial charge >= 0.3 is 0 Å². The summed E-state index contributed by atoms with van der Waals surface area (Å²) in [5, 5.41) is 6.49. The van der Waals surface area contributed by atoms with Crippen molar-refractivity contribution in [2.24, 2.45) is 19.8 Å². The Kier molecular flexibility index (Phi) is 4.44. The number of piperidine rings is 1. The standard InChI is InChI=1S/C23H25Cl2N7O/c1-23(26)8-11-4-5-12(9-23)32(11)22-28-20-16(21(33)30(22)2)14(10-27-20)13-6-7-15-17(18(13)24)19(25)31(3)29-15/h6-7,10-12,27H,4-5,8-9,26H2,1-3H3. The highest BCUT2D eigenvalue weighted by atomic mass is 35.5. The molecule has 5 heterocycles. The first-order valence-corrected chi connectivity index (χ1v) is 11.9. The van der Waals surface area contributed by atoms with Crippen molar-refractivity contribution in [1.29, 1.82) is 0 Å². The number of benzene rings is 1. The third kappa shape index (κ3) is 2.97. The average Bonchev–Trinajstić information content (AvgIpc) is 3.38. The number of H-pyrrole nitrogens is 1. The molecule has 2 atom stereocenters. The molecule has 3 N–H and O–H groups in total. The molecule has 0 spiro atoms. The van der Waals surface area contributed by atoms with Crippen molar-refractivity contribution in [3.63, 3.8) is 0 Å². The molecule has 1 aromatic carbocycles. The summed E-state index contributed by atoms with van der Waals surface area (Å²) in [5.74, 6) is 0.695. The van der Waals surface area contributed by atoms with E-state index in [9.17, 15) is 4.79 Å². The number of halogens is 2. The van der Waals surface area contributed by atoms with E-state index < -0.39 is 0 Å². The summed E-state index contributed by atoms with van der Waals surface area (Å²) in [7, 11) is 3.56. The number of hydrogen-bond donors (Lipinski definition) is 2. The van der Waals surface area contributed by atoms with Crippen LogP contribution in [0.3, 0.4) is 0 Å². The van der Waals surface area contributed by atoms with E-state index in [1.54, 1.807) is 29.5 Å². The van der Waals surface area contributed by atoms with E-state index in [1.807, 2.05) is 12.1 Å². The molecule has 172 valence electrons. The van der Waals surface area contributed by atoms with Crippen molar-refractivity contribution in [1.82, 2.24) is 24.3 Å². The van der Waals surface area contributed by atoms with Crippen molar-refractivity contribution < 1.29 is 0 Å². The van der Waals surface area contributed by atoms with Gasteiger partial charge in [-0.05, 0) is 38.7 Å². The highest BCUT2D eigenvalue weighted by Gasteiger charge is 2.46. The van der Waals surface area contributed by atoms with Gasteiger partial charge in [-0.3, -0.25) is 14.0 Å². The van der Waals surface area contributed by atoms with Crippen LogP contribution in [0.15, 0.2) is 23.1 Å². The van der Waals surface area contributed by atoms with Crippen molar-refractivity contribution in [2.75, 3.05) is 4.90 Å². The number of anilines is 1. The van der Waals surface area contributed by atoms with Crippen LogP contribution < -0.4 is 16.2 Å². The number of hydrogen-bond acceptors (Lipinski definition) is 5. The average molecular weight is 486 g/mol. The maximum absolute atomic E-state index is 13.6. The SMILES string of the molecule is Cn1nc2ccc(-c3c[nH]c4nc(N5C6CCC5CC(C)(N)C6)n(C)c(=O)c34)c(Cl)c2c1Cl. The molecule has 2 aliphatic heterocycles. The van der Waals surface area contributed by atoms with E-state index in [0.717, 1.165) is 25.7 Å². The number of nitrogens with one attached hydrogen (secondary N) is 1. The zero-order chi connectivity index (χ0) is 23.2. The summed E-state index contributed by atoms with van der Waals surface area (Å²) < 4.78 is 3.25. The number of nitrogens with two attached hydrogens (primary N) is 1.